The van der Waals surface area contributed by atoms with Crippen molar-refractivity contribution in [1.82, 2.24) is 20.3 Å². The average Bonchev–Trinajstić information content (AvgIpc) is 3.33. The molecule has 0 saturated heterocycles. The Hall–Kier alpha value is -4.19. The fourth-order valence-electron chi connectivity index (χ4n) is 4.06. The number of carbonyl (C=O) groups excluding carboxylic acids is 1. The first kappa shape index (κ1) is 22.3. The van der Waals surface area contributed by atoms with Crippen molar-refractivity contribution in [2.24, 2.45) is 0 Å². The van der Waals surface area contributed by atoms with Crippen LogP contribution in [0.4, 0.5) is 5.69 Å². The standard InChI is InChI=1S/C25H17N5O4S2/c31-23-16-5-2-6-18(8-16)36(33,34)30-20-9-17(12-27-24(20)32)21-10-19-22(28-13-29-25(19)35-21)15-4-1-3-14(7-15)11-26-23/h1-10,12-13H,11H2,(H3-,26,27,30,31,32,33,34)/p+1. The van der Waals surface area contributed by atoms with Crippen LogP contribution in [0.5, 0.6) is 0 Å². The van der Waals surface area contributed by atoms with E-state index in [4.69, 9.17) is 0 Å². The first-order chi connectivity index (χ1) is 17.4. The van der Waals surface area contributed by atoms with Gasteiger partial charge in [-0.3, -0.25) is 9.59 Å². The van der Waals surface area contributed by atoms with E-state index >= 15 is 0 Å². The number of nitrogens with one attached hydrogen (secondary N) is 3. The molecule has 1 aliphatic heterocycles. The minimum absolute atomic E-state index is 0.0233. The molecule has 0 aliphatic carbocycles. The SMILES string of the molecule is O=C1NCc2cccc(c2)-c2ncnc3sc(cc23)-c2c[nH]c(=O)c(c2)N[S+](=O)(O)c2cccc1c2. The van der Waals surface area contributed by atoms with Crippen LogP contribution >= 0.6 is 11.3 Å². The molecule has 1 unspecified atom stereocenters. The smallest absolute Gasteiger partial charge is 0.346 e. The van der Waals surface area contributed by atoms with Crippen molar-refractivity contribution in [3.63, 3.8) is 0 Å². The number of aromatic amines is 1. The Bertz CT molecular complexity index is 1780. The zero-order valence-electron chi connectivity index (χ0n) is 18.5. The summed E-state index contributed by atoms with van der Waals surface area (Å²) in [6, 6.07) is 17.0. The molecule has 0 saturated carbocycles. The van der Waals surface area contributed by atoms with Crippen molar-refractivity contribution >= 4 is 43.5 Å². The van der Waals surface area contributed by atoms with Crippen LogP contribution in [0.2, 0.25) is 0 Å². The zero-order chi connectivity index (χ0) is 24.9. The van der Waals surface area contributed by atoms with E-state index in [0.29, 0.717) is 5.56 Å². The van der Waals surface area contributed by atoms with Crippen molar-refractivity contribution < 1.29 is 13.6 Å². The maximum absolute atomic E-state index is 13.2. The van der Waals surface area contributed by atoms with E-state index in [1.54, 1.807) is 12.3 Å². The Morgan fingerprint density at radius 3 is 2.67 bits per heavy atom. The van der Waals surface area contributed by atoms with Gasteiger partial charge in [0, 0.05) is 45.8 Å². The molecule has 178 valence electrons. The molecule has 0 spiro atoms. The molecule has 4 heterocycles. The van der Waals surface area contributed by atoms with E-state index in [9.17, 15) is 18.4 Å². The van der Waals surface area contributed by atoms with Crippen molar-refractivity contribution in [3.05, 3.63) is 94.7 Å². The van der Waals surface area contributed by atoms with Crippen molar-refractivity contribution in [3.8, 4) is 21.7 Å². The van der Waals surface area contributed by atoms with E-state index < -0.39 is 21.9 Å². The molecule has 4 N–H and O–H groups in total. The summed E-state index contributed by atoms with van der Waals surface area (Å²) in [6.45, 7) is 0.257. The first-order valence-electron chi connectivity index (χ1n) is 10.9. The van der Waals surface area contributed by atoms with Crippen LogP contribution in [0.1, 0.15) is 15.9 Å². The molecule has 6 rings (SSSR count). The number of pyridine rings is 1. The Kier molecular flexibility index (Phi) is 5.25. The lowest BCUT2D eigenvalue weighted by atomic mass is 10.1. The number of thiophene rings is 1. The molecule has 9 nitrogen and oxygen atoms in total. The molecule has 5 aromatic rings. The van der Waals surface area contributed by atoms with Gasteiger partial charge in [-0.15, -0.1) is 11.3 Å². The van der Waals surface area contributed by atoms with E-state index in [2.05, 4.69) is 25.0 Å². The maximum atomic E-state index is 13.2. The summed E-state index contributed by atoms with van der Waals surface area (Å²) < 4.78 is 26.4. The van der Waals surface area contributed by atoms with Gasteiger partial charge in [0.1, 0.15) is 11.2 Å². The first-order valence-corrected chi connectivity index (χ1v) is 13.2. The van der Waals surface area contributed by atoms with E-state index in [1.807, 2.05) is 30.3 Å². The second-order valence-corrected chi connectivity index (χ2v) is 11.0. The van der Waals surface area contributed by atoms with E-state index in [-0.39, 0.29) is 22.7 Å². The number of hydrogen-bond donors (Lipinski definition) is 4. The monoisotopic (exact) mass is 516 g/mol. The topological polar surface area (TPSA) is 137 Å². The number of fused-ring (bicyclic) bond motifs is 9. The number of carbonyl (C=O) groups is 1. The summed E-state index contributed by atoms with van der Waals surface area (Å²) in [6.07, 6.45) is 3.05. The van der Waals surface area contributed by atoms with Crippen molar-refractivity contribution in [2.45, 2.75) is 11.4 Å². The lowest BCUT2D eigenvalue weighted by Gasteiger charge is -2.10. The quantitative estimate of drug-likeness (QED) is 0.226. The number of benzene rings is 2. The Balaban J connectivity index is 1.57. The third kappa shape index (κ3) is 3.98. The Morgan fingerprint density at radius 1 is 0.944 bits per heavy atom. The number of hydrogen-bond acceptors (Lipinski definition) is 6. The zero-order valence-corrected chi connectivity index (χ0v) is 20.2. The highest BCUT2D eigenvalue weighted by atomic mass is 32.3. The van der Waals surface area contributed by atoms with E-state index in [0.717, 1.165) is 31.9 Å². The van der Waals surface area contributed by atoms with E-state index in [1.165, 1.54) is 41.9 Å². The summed E-state index contributed by atoms with van der Waals surface area (Å²) in [5.41, 5.74) is 2.73. The number of amides is 1. The summed E-state index contributed by atoms with van der Waals surface area (Å²) >= 11 is 1.42. The van der Waals surface area contributed by atoms with Gasteiger partial charge >= 0.3 is 10.4 Å². The summed E-state index contributed by atoms with van der Waals surface area (Å²) in [7, 11) is -3.89. The highest BCUT2D eigenvalue weighted by Gasteiger charge is 2.31. The molecule has 3 aromatic heterocycles. The lowest BCUT2D eigenvalue weighted by Crippen LogP contribution is -2.26. The van der Waals surface area contributed by atoms with Gasteiger partial charge in [-0.05, 0) is 40.1 Å². The molecule has 8 bridgehead atoms. The number of anilines is 1. The molecular formula is C25H18N5O4S2+. The second-order valence-electron chi connectivity index (χ2n) is 8.22. The largest absolute Gasteiger partial charge is 0.348 e. The predicted molar refractivity (Wildman–Crippen MR) is 139 cm³/mol. The third-order valence-electron chi connectivity index (χ3n) is 5.83. The van der Waals surface area contributed by atoms with Gasteiger partial charge in [0.2, 0.25) is 4.90 Å². The van der Waals surface area contributed by atoms with Crippen LogP contribution in [0.3, 0.4) is 0 Å². The van der Waals surface area contributed by atoms with Gasteiger partial charge < -0.3 is 10.3 Å². The van der Waals surface area contributed by atoms with Crippen LogP contribution in [-0.4, -0.2) is 25.4 Å². The van der Waals surface area contributed by atoms with Crippen molar-refractivity contribution in [1.29, 1.82) is 0 Å². The average molecular weight is 517 g/mol. The van der Waals surface area contributed by atoms with Gasteiger partial charge in [0.15, 0.2) is 5.69 Å². The van der Waals surface area contributed by atoms with Gasteiger partial charge in [0.25, 0.3) is 11.5 Å². The Morgan fingerprint density at radius 2 is 1.78 bits per heavy atom. The fraction of sp³-hybridized carbons (Fsp3) is 0.0400. The molecule has 1 aliphatic rings. The Labute approximate surface area is 209 Å². The van der Waals surface area contributed by atoms with Crippen LogP contribution in [0, 0.1) is 0 Å². The third-order valence-corrected chi connectivity index (χ3v) is 8.32. The predicted octanol–water partition coefficient (Wildman–Crippen LogP) is 4.32. The van der Waals surface area contributed by atoms with Gasteiger partial charge in [-0.25, -0.2) is 9.97 Å². The summed E-state index contributed by atoms with van der Waals surface area (Å²) in [5.74, 6) is -0.398. The van der Waals surface area contributed by atoms with Gasteiger partial charge in [-0.1, -0.05) is 24.3 Å². The lowest BCUT2D eigenvalue weighted by molar-refractivity contribution is 0.0950. The molecular weight excluding hydrogens is 498 g/mol. The number of aromatic nitrogens is 3. The summed E-state index contributed by atoms with van der Waals surface area (Å²) in [4.78, 5) is 38.4. The number of nitrogens with zero attached hydrogens (tertiary/aromatic N) is 2. The molecule has 11 heteroatoms. The molecule has 2 aromatic carbocycles. The molecule has 0 fully saturated rings. The second kappa shape index (κ2) is 8.48. The number of H-pyrrole nitrogens is 1. The van der Waals surface area contributed by atoms with Crippen molar-refractivity contribution in [2.75, 3.05) is 4.72 Å². The minimum atomic E-state index is -3.89. The molecule has 36 heavy (non-hydrogen) atoms. The van der Waals surface area contributed by atoms with Crippen LogP contribution in [-0.2, 0) is 21.2 Å². The van der Waals surface area contributed by atoms with Gasteiger partial charge in [-0.2, -0.15) is 9.27 Å². The highest BCUT2D eigenvalue weighted by molar-refractivity contribution is 7.99. The van der Waals surface area contributed by atoms with Gasteiger partial charge in [0.05, 0.1) is 5.69 Å². The number of rotatable bonds is 0. The normalized spacial score (nSPS) is 17.2. The van der Waals surface area contributed by atoms with Crippen LogP contribution in [0.15, 0.2) is 82.9 Å². The van der Waals surface area contributed by atoms with Crippen LogP contribution in [0.25, 0.3) is 31.9 Å². The summed E-state index contributed by atoms with van der Waals surface area (Å²) in [5, 5.41) is 3.69. The minimum Gasteiger partial charge on any atom is -0.348 e. The molecule has 0 radical (unpaired) electrons. The van der Waals surface area contributed by atoms with Crippen LogP contribution < -0.4 is 15.6 Å². The molecule has 1 amide bonds. The fourth-order valence-corrected chi connectivity index (χ4v) is 6.16. The maximum Gasteiger partial charge on any atom is 0.346 e. The highest BCUT2D eigenvalue weighted by Crippen LogP contribution is 2.37. The molecule has 1 atom stereocenters.